The summed E-state index contributed by atoms with van der Waals surface area (Å²) in [7, 11) is 0. The van der Waals surface area contributed by atoms with E-state index in [0.29, 0.717) is 37.7 Å². The zero-order valence-corrected chi connectivity index (χ0v) is 16.4. The molecule has 0 radical (unpaired) electrons. The summed E-state index contributed by atoms with van der Waals surface area (Å²) in [5.41, 5.74) is 6.91. The van der Waals surface area contributed by atoms with Crippen molar-refractivity contribution < 1.29 is 14.3 Å². The molecule has 1 aliphatic heterocycles. The molecular formula is C20H25N5O3. The van der Waals surface area contributed by atoms with Gasteiger partial charge < -0.3 is 20.3 Å². The van der Waals surface area contributed by atoms with E-state index in [1.165, 1.54) is 0 Å². The number of rotatable bonds is 3. The Balaban J connectivity index is 1.63. The van der Waals surface area contributed by atoms with Crippen molar-refractivity contribution in [1.29, 1.82) is 0 Å². The van der Waals surface area contributed by atoms with Crippen molar-refractivity contribution in [3.05, 3.63) is 42.2 Å². The summed E-state index contributed by atoms with van der Waals surface area (Å²) in [6.45, 7) is 7.95. The van der Waals surface area contributed by atoms with Crippen molar-refractivity contribution in [2.24, 2.45) is 5.73 Å². The highest BCUT2D eigenvalue weighted by Crippen LogP contribution is 2.21. The van der Waals surface area contributed by atoms with Crippen LogP contribution in [0.2, 0.25) is 0 Å². The van der Waals surface area contributed by atoms with E-state index < -0.39 is 11.5 Å². The largest absolute Gasteiger partial charge is 0.444 e. The number of anilines is 1. The predicted molar refractivity (Wildman–Crippen MR) is 106 cm³/mol. The summed E-state index contributed by atoms with van der Waals surface area (Å²) in [5.74, 6) is 0.140. The lowest BCUT2D eigenvalue weighted by molar-refractivity contribution is 0.0240. The SMILES string of the molecule is CC(C)(C)OC(=O)N1CCN(c2ncc(-c3cccc(C(N)=O)c3)cn2)CC1. The van der Waals surface area contributed by atoms with Crippen LogP contribution in [-0.4, -0.2) is 58.6 Å². The fourth-order valence-electron chi connectivity index (χ4n) is 2.90. The predicted octanol–water partition coefficient (Wildman–Crippen LogP) is 2.30. The second kappa shape index (κ2) is 7.84. The smallest absolute Gasteiger partial charge is 0.410 e. The van der Waals surface area contributed by atoms with E-state index in [1.54, 1.807) is 35.5 Å². The van der Waals surface area contributed by atoms with Gasteiger partial charge in [-0.2, -0.15) is 0 Å². The van der Waals surface area contributed by atoms with E-state index in [4.69, 9.17) is 10.5 Å². The second-order valence-corrected chi connectivity index (χ2v) is 7.67. The number of aromatic nitrogens is 2. The van der Waals surface area contributed by atoms with Crippen LogP contribution in [0.25, 0.3) is 11.1 Å². The maximum atomic E-state index is 12.2. The van der Waals surface area contributed by atoms with Crippen LogP contribution in [0.1, 0.15) is 31.1 Å². The van der Waals surface area contributed by atoms with Crippen LogP contribution in [0.5, 0.6) is 0 Å². The minimum atomic E-state index is -0.501. The third-order valence-electron chi connectivity index (χ3n) is 4.33. The number of hydrogen-bond acceptors (Lipinski definition) is 6. The standard InChI is InChI=1S/C20H25N5O3/c1-20(2,3)28-19(27)25-9-7-24(8-10-25)18-22-12-16(13-23-18)14-5-4-6-15(11-14)17(21)26/h4-6,11-13H,7-10H2,1-3H3,(H2,21,26). The van der Waals surface area contributed by atoms with E-state index in [-0.39, 0.29) is 6.09 Å². The van der Waals surface area contributed by atoms with Gasteiger partial charge in [0.1, 0.15) is 5.60 Å². The van der Waals surface area contributed by atoms with Crippen LogP contribution in [0, 0.1) is 0 Å². The number of carbonyl (C=O) groups excluding carboxylic acids is 2. The molecule has 0 saturated carbocycles. The molecular weight excluding hydrogens is 358 g/mol. The van der Waals surface area contributed by atoms with E-state index in [1.807, 2.05) is 31.7 Å². The molecule has 0 unspecified atom stereocenters. The number of benzene rings is 1. The molecule has 0 bridgehead atoms. The molecule has 1 saturated heterocycles. The highest BCUT2D eigenvalue weighted by molar-refractivity contribution is 5.94. The van der Waals surface area contributed by atoms with Crippen LogP contribution in [0.15, 0.2) is 36.7 Å². The minimum absolute atomic E-state index is 0.294. The number of primary amides is 1. The molecule has 148 valence electrons. The average Bonchev–Trinajstić information content (AvgIpc) is 2.67. The van der Waals surface area contributed by atoms with Gasteiger partial charge in [-0.3, -0.25) is 4.79 Å². The Morgan fingerprint density at radius 2 is 1.68 bits per heavy atom. The minimum Gasteiger partial charge on any atom is -0.444 e. The van der Waals surface area contributed by atoms with Gasteiger partial charge in [0.15, 0.2) is 0 Å². The van der Waals surface area contributed by atoms with Gasteiger partial charge in [0.2, 0.25) is 11.9 Å². The van der Waals surface area contributed by atoms with Gasteiger partial charge in [0.05, 0.1) is 0 Å². The molecule has 0 aliphatic carbocycles. The summed E-state index contributed by atoms with van der Waals surface area (Å²) in [6.07, 6.45) is 3.16. The lowest BCUT2D eigenvalue weighted by Crippen LogP contribution is -2.50. The summed E-state index contributed by atoms with van der Waals surface area (Å²) in [5, 5.41) is 0. The molecule has 2 heterocycles. The maximum absolute atomic E-state index is 12.2. The molecule has 2 N–H and O–H groups in total. The lowest BCUT2D eigenvalue weighted by atomic mass is 10.1. The van der Waals surface area contributed by atoms with Gasteiger partial charge >= 0.3 is 6.09 Å². The molecule has 0 atom stereocenters. The van der Waals surface area contributed by atoms with Crippen molar-refractivity contribution in [1.82, 2.24) is 14.9 Å². The molecule has 1 aliphatic rings. The van der Waals surface area contributed by atoms with Crippen molar-refractivity contribution in [3.8, 4) is 11.1 Å². The average molecular weight is 383 g/mol. The lowest BCUT2D eigenvalue weighted by Gasteiger charge is -2.35. The van der Waals surface area contributed by atoms with E-state index in [2.05, 4.69) is 9.97 Å². The quantitative estimate of drug-likeness (QED) is 0.873. The van der Waals surface area contributed by atoms with E-state index in [9.17, 15) is 9.59 Å². The van der Waals surface area contributed by atoms with Crippen molar-refractivity contribution >= 4 is 17.9 Å². The van der Waals surface area contributed by atoms with Gasteiger partial charge in [-0.15, -0.1) is 0 Å². The number of hydrogen-bond donors (Lipinski definition) is 1. The molecule has 3 rings (SSSR count). The van der Waals surface area contributed by atoms with Gasteiger partial charge in [0.25, 0.3) is 0 Å². The van der Waals surface area contributed by atoms with Crippen LogP contribution in [0.4, 0.5) is 10.7 Å². The van der Waals surface area contributed by atoms with Crippen LogP contribution in [0.3, 0.4) is 0 Å². The van der Waals surface area contributed by atoms with Gasteiger partial charge in [-0.25, -0.2) is 14.8 Å². The van der Waals surface area contributed by atoms with Gasteiger partial charge in [-0.05, 0) is 38.5 Å². The van der Waals surface area contributed by atoms with Crippen LogP contribution >= 0.6 is 0 Å². The normalized spacial score (nSPS) is 14.7. The fraction of sp³-hybridized carbons (Fsp3) is 0.400. The van der Waals surface area contributed by atoms with E-state index >= 15 is 0 Å². The Labute approximate surface area is 164 Å². The summed E-state index contributed by atoms with van der Waals surface area (Å²) in [4.78, 5) is 36.1. The molecule has 1 fully saturated rings. The maximum Gasteiger partial charge on any atom is 0.410 e. The van der Waals surface area contributed by atoms with Crippen LogP contribution < -0.4 is 10.6 Å². The Hall–Kier alpha value is -3.16. The number of amides is 2. The van der Waals surface area contributed by atoms with Crippen molar-refractivity contribution in [3.63, 3.8) is 0 Å². The Kier molecular flexibility index (Phi) is 5.48. The number of nitrogens with zero attached hydrogens (tertiary/aromatic N) is 4. The Morgan fingerprint density at radius 1 is 1.04 bits per heavy atom. The zero-order chi connectivity index (χ0) is 20.3. The number of ether oxygens (including phenoxy) is 1. The van der Waals surface area contributed by atoms with Crippen LogP contribution in [-0.2, 0) is 4.74 Å². The highest BCUT2D eigenvalue weighted by atomic mass is 16.6. The fourth-order valence-corrected chi connectivity index (χ4v) is 2.90. The summed E-state index contributed by atoms with van der Waals surface area (Å²) >= 11 is 0. The molecule has 8 heteroatoms. The molecule has 2 amide bonds. The number of carbonyl (C=O) groups is 2. The van der Waals surface area contributed by atoms with Crippen molar-refractivity contribution in [2.45, 2.75) is 26.4 Å². The number of piperazine rings is 1. The first kappa shape index (κ1) is 19.6. The topological polar surface area (TPSA) is 102 Å². The third-order valence-corrected chi connectivity index (χ3v) is 4.33. The molecule has 0 spiro atoms. The Bertz CT molecular complexity index is 853. The first-order valence-electron chi connectivity index (χ1n) is 9.18. The third kappa shape index (κ3) is 4.76. The summed E-state index contributed by atoms with van der Waals surface area (Å²) < 4.78 is 5.41. The molecule has 2 aromatic rings. The molecule has 1 aromatic heterocycles. The summed E-state index contributed by atoms with van der Waals surface area (Å²) in [6, 6.07) is 7.05. The van der Waals surface area contributed by atoms with Crippen molar-refractivity contribution in [2.75, 3.05) is 31.1 Å². The zero-order valence-electron chi connectivity index (χ0n) is 16.4. The number of nitrogens with two attached hydrogens (primary N) is 1. The Morgan fingerprint density at radius 3 is 2.25 bits per heavy atom. The second-order valence-electron chi connectivity index (χ2n) is 7.67. The molecule has 28 heavy (non-hydrogen) atoms. The molecule has 1 aromatic carbocycles. The highest BCUT2D eigenvalue weighted by Gasteiger charge is 2.26. The first-order chi connectivity index (χ1) is 13.2. The van der Waals surface area contributed by atoms with E-state index in [0.717, 1.165) is 11.1 Å². The molecule has 8 nitrogen and oxygen atoms in total. The first-order valence-corrected chi connectivity index (χ1v) is 9.18. The monoisotopic (exact) mass is 383 g/mol. The van der Waals surface area contributed by atoms with Gasteiger partial charge in [0, 0.05) is 49.7 Å². The van der Waals surface area contributed by atoms with Gasteiger partial charge in [-0.1, -0.05) is 12.1 Å².